The first-order valence-corrected chi connectivity index (χ1v) is 7.95. The number of furan rings is 1. The van der Waals surface area contributed by atoms with Crippen LogP contribution in [-0.4, -0.2) is 30.1 Å². The third-order valence-corrected chi connectivity index (χ3v) is 4.46. The molecule has 2 heterocycles. The number of nitrogens with zero attached hydrogens (tertiary/aromatic N) is 1. The Bertz CT molecular complexity index is 741. The summed E-state index contributed by atoms with van der Waals surface area (Å²) in [5.41, 5.74) is 0.630. The largest absolute Gasteiger partial charge is 0.451 e. The molecule has 24 heavy (non-hydrogen) atoms. The van der Waals surface area contributed by atoms with Crippen LogP contribution in [0.25, 0.3) is 11.3 Å². The third kappa shape index (κ3) is 3.43. The second kappa shape index (κ2) is 6.51. The van der Waals surface area contributed by atoms with Gasteiger partial charge in [0.05, 0.1) is 10.9 Å². The fourth-order valence-electron chi connectivity index (χ4n) is 2.84. The zero-order valence-corrected chi connectivity index (χ0v) is 13.4. The Kier molecular flexibility index (Phi) is 4.58. The topological polar surface area (TPSA) is 33.5 Å². The maximum atomic E-state index is 12.9. The molecule has 0 N–H and O–H groups in total. The summed E-state index contributed by atoms with van der Waals surface area (Å²) in [6, 6.07) is 10.1. The van der Waals surface area contributed by atoms with E-state index in [2.05, 4.69) is 0 Å². The molecule has 0 bridgehead atoms. The van der Waals surface area contributed by atoms with E-state index >= 15 is 0 Å². The van der Waals surface area contributed by atoms with Gasteiger partial charge in [0, 0.05) is 18.7 Å². The van der Waals surface area contributed by atoms with Gasteiger partial charge in [0.25, 0.3) is 5.91 Å². The lowest BCUT2D eigenvalue weighted by Gasteiger charge is -2.33. The smallest absolute Gasteiger partial charge is 0.393 e. The molecule has 0 saturated carbocycles. The first-order valence-electron chi connectivity index (χ1n) is 7.57. The summed E-state index contributed by atoms with van der Waals surface area (Å²) in [6.07, 6.45) is -3.91. The minimum atomic E-state index is -4.29. The highest BCUT2D eigenvalue weighted by molar-refractivity contribution is 6.33. The molecule has 1 aliphatic heterocycles. The Morgan fingerprint density at radius 3 is 2.67 bits per heavy atom. The highest BCUT2D eigenvalue weighted by Crippen LogP contribution is 2.34. The van der Waals surface area contributed by atoms with Gasteiger partial charge in [-0.15, -0.1) is 0 Å². The third-order valence-electron chi connectivity index (χ3n) is 4.13. The number of piperidine rings is 1. The van der Waals surface area contributed by atoms with E-state index in [-0.39, 0.29) is 18.7 Å². The van der Waals surface area contributed by atoms with Crippen molar-refractivity contribution < 1.29 is 22.4 Å². The van der Waals surface area contributed by atoms with Crippen LogP contribution in [0.15, 0.2) is 40.8 Å². The normalized spacial score (nSPS) is 18.7. The van der Waals surface area contributed by atoms with E-state index in [9.17, 15) is 18.0 Å². The first kappa shape index (κ1) is 16.9. The SMILES string of the molecule is O=C(c1ccc(-c2ccccc2Cl)o1)N1CCC[C@H](C(F)(F)F)C1. The van der Waals surface area contributed by atoms with E-state index < -0.39 is 18.0 Å². The van der Waals surface area contributed by atoms with Crippen molar-refractivity contribution in [3.63, 3.8) is 0 Å². The molecule has 1 saturated heterocycles. The summed E-state index contributed by atoms with van der Waals surface area (Å²) < 4.78 is 44.2. The maximum absolute atomic E-state index is 12.9. The van der Waals surface area contributed by atoms with Gasteiger partial charge in [-0.1, -0.05) is 23.7 Å². The Morgan fingerprint density at radius 1 is 1.21 bits per heavy atom. The number of alkyl halides is 3. The van der Waals surface area contributed by atoms with Crippen LogP contribution in [0, 0.1) is 5.92 Å². The fraction of sp³-hybridized carbons (Fsp3) is 0.353. The van der Waals surface area contributed by atoms with Crippen LogP contribution >= 0.6 is 11.6 Å². The molecule has 1 aromatic heterocycles. The van der Waals surface area contributed by atoms with Gasteiger partial charge in [0.15, 0.2) is 5.76 Å². The van der Waals surface area contributed by atoms with Gasteiger partial charge in [0.1, 0.15) is 5.76 Å². The number of hydrogen-bond acceptors (Lipinski definition) is 2. The number of benzene rings is 1. The second-order valence-electron chi connectivity index (χ2n) is 5.78. The van der Waals surface area contributed by atoms with Gasteiger partial charge in [0.2, 0.25) is 0 Å². The van der Waals surface area contributed by atoms with Crippen molar-refractivity contribution in [2.24, 2.45) is 5.92 Å². The number of hydrogen-bond donors (Lipinski definition) is 0. The van der Waals surface area contributed by atoms with Crippen molar-refractivity contribution in [3.8, 4) is 11.3 Å². The molecule has 2 aromatic rings. The summed E-state index contributed by atoms with van der Waals surface area (Å²) in [5.74, 6) is -1.57. The molecule has 3 nitrogen and oxygen atoms in total. The van der Waals surface area contributed by atoms with Crippen LogP contribution in [0.5, 0.6) is 0 Å². The van der Waals surface area contributed by atoms with Crippen LogP contribution < -0.4 is 0 Å². The van der Waals surface area contributed by atoms with E-state index in [0.717, 1.165) is 0 Å². The highest BCUT2D eigenvalue weighted by atomic mass is 35.5. The van der Waals surface area contributed by atoms with Crippen LogP contribution in [0.1, 0.15) is 23.4 Å². The van der Waals surface area contributed by atoms with E-state index in [4.69, 9.17) is 16.0 Å². The Labute approximate surface area is 142 Å². The van der Waals surface area contributed by atoms with Gasteiger partial charge in [-0.05, 0) is 37.1 Å². The van der Waals surface area contributed by atoms with Gasteiger partial charge < -0.3 is 9.32 Å². The summed E-state index contributed by atoms with van der Waals surface area (Å²) in [5, 5.41) is 0.473. The molecule has 128 valence electrons. The number of likely N-dealkylation sites (tertiary alicyclic amines) is 1. The number of carbonyl (C=O) groups excluding carboxylic acids is 1. The molecule has 1 aromatic carbocycles. The summed E-state index contributed by atoms with van der Waals surface area (Å²) in [6.45, 7) is -0.0298. The van der Waals surface area contributed by atoms with E-state index in [1.54, 1.807) is 30.3 Å². The minimum absolute atomic E-state index is 0.0211. The number of halogens is 4. The predicted octanol–water partition coefficient (Wildman–Crippen LogP) is 5.01. The molecule has 1 aliphatic rings. The van der Waals surface area contributed by atoms with Crippen LogP contribution in [0.3, 0.4) is 0 Å². The zero-order chi connectivity index (χ0) is 17.3. The van der Waals surface area contributed by atoms with Crippen molar-refractivity contribution >= 4 is 17.5 Å². The van der Waals surface area contributed by atoms with E-state index in [0.29, 0.717) is 29.3 Å². The van der Waals surface area contributed by atoms with Gasteiger partial charge in [-0.3, -0.25) is 4.79 Å². The number of carbonyl (C=O) groups is 1. The van der Waals surface area contributed by atoms with Crippen molar-refractivity contribution in [2.75, 3.05) is 13.1 Å². The quantitative estimate of drug-likeness (QED) is 0.756. The standard InChI is InChI=1S/C17H15ClF3NO2/c18-13-6-2-1-5-12(13)14-7-8-15(24-14)16(23)22-9-3-4-11(10-22)17(19,20)21/h1-2,5-8,11H,3-4,9-10H2/t11-/m0/s1. The number of amides is 1. The molecule has 1 fully saturated rings. The Balaban J connectivity index is 1.78. The fourth-order valence-corrected chi connectivity index (χ4v) is 3.07. The van der Waals surface area contributed by atoms with Crippen molar-refractivity contribution in [3.05, 3.63) is 47.2 Å². The van der Waals surface area contributed by atoms with Crippen molar-refractivity contribution in [1.82, 2.24) is 4.90 Å². The van der Waals surface area contributed by atoms with E-state index in [1.807, 2.05) is 0 Å². The average Bonchev–Trinajstić information content (AvgIpc) is 3.03. The molecule has 0 spiro atoms. The van der Waals surface area contributed by atoms with Crippen molar-refractivity contribution in [1.29, 1.82) is 0 Å². The van der Waals surface area contributed by atoms with Crippen LogP contribution in [0.2, 0.25) is 5.02 Å². The summed E-state index contributed by atoms with van der Waals surface area (Å²) >= 11 is 6.09. The van der Waals surface area contributed by atoms with Crippen LogP contribution in [-0.2, 0) is 0 Å². The Hall–Kier alpha value is -1.95. The maximum Gasteiger partial charge on any atom is 0.393 e. The molecule has 1 atom stereocenters. The molecule has 7 heteroatoms. The molecule has 3 rings (SSSR count). The lowest BCUT2D eigenvalue weighted by molar-refractivity contribution is -0.184. The summed E-state index contributed by atoms with van der Waals surface area (Å²) in [4.78, 5) is 13.6. The second-order valence-corrected chi connectivity index (χ2v) is 6.18. The monoisotopic (exact) mass is 357 g/mol. The van der Waals surface area contributed by atoms with Gasteiger partial charge in [-0.2, -0.15) is 13.2 Å². The molecule has 0 aliphatic carbocycles. The van der Waals surface area contributed by atoms with Gasteiger partial charge >= 0.3 is 6.18 Å². The molecule has 0 radical (unpaired) electrons. The summed E-state index contributed by atoms with van der Waals surface area (Å²) in [7, 11) is 0. The average molecular weight is 358 g/mol. The number of rotatable bonds is 2. The molecular weight excluding hydrogens is 343 g/mol. The van der Waals surface area contributed by atoms with Crippen LogP contribution in [0.4, 0.5) is 13.2 Å². The lowest BCUT2D eigenvalue weighted by atomic mass is 9.97. The molecule has 0 unspecified atom stereocenters. The minimum Gasteiger partial charge on any atom is -0.451 e. The first-order chi connectivity index (χ1) is 11.4. The highest BCUT2D eigenvalue weighted by Gasteiger charge is 2.43. The van der Waals surface area contributed by atoms with Gasteiger partial charge in [-0.25, -0.2) is 0 Å². The lowest BCUT2D eigenvalue weighted by Crippen LogP contribution is -2.44. The molecular formula is C17H15ClF3NO2. The van der Waals surface area contributed by atoms with E-state index in [1.165, 1.54) is 11.0 Å². The zero-order valence-electron chi connectivity index (χ0n) is 12.6. The predicted molar refractivity (Wildman–Crippen MR) is 83.8 cm³/mol. The van der Waals surface area contributed by atoms with Crippen molar-refractivity contribution in [2.45, 2.75) is 19.0 Å². The molecule has 1 amide bonds. The Morgan fingerprint density at radius 2 is 1.96 bits per heavy atom.